The third-order valence-electron chi connectivity index (χ3n) is 2.57. The second kappa shape index (κ2) is 3.93. The molecule has 5 heteroatoms. The van der Waals surface area contributed by atoms with Gasteiger partial charge >= 0.3 is 6.09 Å². The van der Waals surface area contributed by atoms with Crippen LogP contribution in [-0.2, 0) is 0 Å². The molecule has 0 radical (unpaired) electrons. The number of likely N-dealkylation sites (N-methyl/N-ethyl adjacent to an activating group) is 1. The van der Waals surface area contributed by atoms with E-state index in [9.17, 15) is 4.79 Å². The Balaban J connectivity index is 2.58. The van der Waals surface area contributed by atoms with Gasteiger partial charge in [0.05, 0.1) is 0 Å². The van der Waals surface area contributed by atoms with Gasteiger partial charge in [-0.05, 0) is 20.5 Å². The average Bonchev–Trinajstić information content (AvgIpc) is 2.04. The molecule has 1 fully saturated rings. The van der Waals surface area contributed by atoms with Crippen LogP contribution < -0.4 is 5.73 Å². The van der Waals surface area contributed by atoms with Crippen LogP contribution in [0.25, 0.3) is 0 Å². The van der Waals surface area contributed by atoms with Gasteiger partial charge in [-0.25, -0.2) is 4.79 Å². The van der Waals surface area contributed by atoms with Gasteiger partial charge in [0.2, 0.25) is 0 Å². The van der Waals surface area contributed by atoms with Gasteiger partial charge in [-0.2, -0.15) is 0 Å². The first-order valence-electron chi connectivity index (χ1n) is 4.42. The summed E-state index contributed by atoms with van der Waals surface area (Å²) in [5.41, 5.74) is 5.88. The average molecular weight is 187 g/mol. The molecule has 0 unspecified atom stereocenters. The Morgan fingerprint density at radius 2 is 2.23 bits per heavy atom. The number of nitrogens with two attached hydrogens (primary N) is 1. The minimum absolute atomic E-state index is 0.0885. The lowest BCUT2D eigenvalue weighted by molar-refractivity contribution is 0.0961. The highest BCUT2D eigenvalue weighted by Crippen LogP contribution is 2.12. The van der Waals surface area contributed by atoms with Gasteiger partial charge in [-0.1, -0.05) is 0 Å². The largest absolute Gasteiger partial charge is 0.465 e. The zero-order chi connectivity index (χ0) is 10.0. The Labute approximate surface area is 78.1 Å². The van der Waals surface area contributed by atoms with Crippen molar-refractivity contribution in [2.45, 2.75) is 18.5 Å². The van der Waals surface area contributed by atoms with E-state index in [1.807, 2.05) is 19.0 Å². The van der Waals surface area contributed by atoms with Crippen molar-refractivity contribution in [2.75, 3.05) is 27.2 Å². The van der Waals surface area contributed by atoms with Crippen LogP contribution in [0.5, 0.6) is 0 Å². The molecule has 0 spiro atoms. The first-order chi connectivity index (χ1) is 6.02. The zero-order valence-corrected chi connectivity index (χ0v) is 8.10. The molecule has 0 aromatic heterocycles. The van der Waals surface area contributed by atoms with Crippen molar-refractivity contribution in [3.63, 3.8) is 0 Å². The number of hydrogen-bond acceptors (Lipinski definition) is 3. The first kappa shape index (κ1) is 10.3. The van der Waals surface area contributed by atoms with E-state index in [0.717, 1.165) is 6.42 Å². The van der Waals surface area contributed by atoms with Gasteiger partial charge in [0.1, 0.15) is 0 Å². The maximum absolute atomic E-state index is 10.7. The lowest BCUT2D eigenvalue weighted by atomic mass is 10.00. The molecule has 76 valence electrons. The zero-order valence-electron chi connectivity index (χ0n) is 8.10. The van der Waals surface area contributed by atoms with E-state index in [0.29, 0.717) is 13.1 Å². The van der Waals surface area contributed by atoms with E-state index in [4.69, 9.17) is 10.8 Å². The number of carboxylic acid groups (broad SMARTS) is 1. The first-order valence-corrected chi connectivity index (χ1v) is 4.42. The van der Waals surface area contributed by atoms with Crippen molar-refractivity contribution >= 4 is 6.09 Å². The van der Waals surface area contributed by atoms with Crippen molar-refractivity contribution in [3.05, 3.63) is 0 Å². The highest BCUT2D eigenvalue weighted by atomic mass is 16.4. The summed E-state index contributed by atoms with van der Waals surface area (Å²) in [6, 6.07) is 0.232. The predicted molar refractivity (Wildman–Crippen MR) is 49.7 cm³/mol. The van der Waals surface area contributed by atoms with E-state index in [1.165, 1.54) is 4.90 Å². The van der Waals surface area contributed by atoms with Gasteiger partial charge in [0.15, 0.2) is 0 Å². The van der Waals surface area contributed by atoms with Crippen LogP contribution in [0.15, 0.2) is 0 Å². The molecule has 13 heavy (non-hydrogen) atoms. The van der Waals surface area contributed by atoms with Gasteiger partial charge in [-0.3, -0.25) is 0 Å². The number of piperidine rings is 1. The molecule has 0 saturated carbocycles. The SMILES string of the molecule is CN(C)[C@@H]1CN(C(=O)O)CC[C@@H]1N. The summed E-state index contributed by atoms with van der Waals surface area (Å²) >= 11 is 0. The molecular weight excluding hydrogens is 170 g/mol. The molecule has 5 nitrogen and oxygen atoms in total. The Hall–Kier alpha value is -0.810. The van der Waals surface area contributed by atoms with E-state index in [2.05, 4.69) is 0 Å². The standard InChI is InChI=1S/C8H17N3O2/c1-10(2)7-5-11(8(12)13)4-3-6(7)9/h6-7H,3-5,9H2,1-2H3,(H,12,13)/t6-,7+/m0/s1. The van der Waals surface area contributed by atoms with E-state index in [1.54, 1.807) is 0 Å². The minimum Gasteiger partial charge on any atom is -0.465 e. The molecule has 1 saturated heterocycles. The number of rotatable bonds is 1. The van der Waals surface area contributed by atoms with Crippen molar-refractivity contribution in [3.8, 4) is 0 Å². The van der Waals surface area contributed by atoms with Crippen LogP contribution in [-0.4, -0.2) is 60.3 Å². The second-order valence-corrected chi connectivity index (χ2v) is 3.71. The minimum atomic E-state index is -0.848. The fraction of sp³-hybridized carbons (Fsp3) is 0.875. The molecule has 1 heterocycles. The summed E-state index contributed by atoms with van der Waals surface area (Å²) in [4.78, 5) is 14.1. The summed E-state index contributed by atoms with van der Waals surface area (Å²) in [6.07, 6.45) is -0.103. The van der Waals surface area contributed by atoms with E-state index < -0.39 is 6.09 Å². The lowest BCUT2D eigenvalue weighted by Crippen LogP contribution is -2.57. The third kappa shape index (κ3) is 2.32. The molecule has 1 aliphatic rings. The van der Waals surface area contributed by atoms with Crippen LogP contribution >= 0.6 is 0 Å². The summed E-state index contributed by atoms with van der Waals surface area (Å²) in [6.45, 7) is 1.07. The van der Waals surface area contributed by atoms with Crippen molar-refractivity contribution in [1.82, 2.24) is 9.80 Å². The third-order valence-corrected chi connectivity index (χ3v) is 2.57. The lowest BCUT2D eigenvalue weighted by Gasteiger charge is -2.38. The molecule has 0 aromatic rings. The second-order valence-electron chi connectivity index (χ2n) is 3.71. The van der Waals surface area contributed by atoms with Crippen molar-refractivity contribution < 1.29 is 9.90 Å². The Morgan fingerprint density at radius 3 is 2.69 bits per heavy atom. The maximum Gasteiger partial charge on any atom is 0.407 e. The predicted octanol–water partition coefficient (Wildman–Crippen LogP) is -0.372. The van der Waals surface area contributed by atoms with Crippen LogP contribution in [0, 0.1) is 0 Å². The van der Waals surface area contributed by atoms with Gasteiger partial charge in [-0.15, -0.1) is 0 Å². The Bertz CT molecular complexity index is 196. The summed E-state index contributed by atoms with van der Waals surface area (Å²) in [5.74, 6) is 0. The fourth-order valence-electron chi connectivity index (χ4n) is 1.67. The number of hydrogen-bond donors (Lipinski definition) is 2. The van der Waals surface area contributed by atoms with Crippen LogP contribution in [0.1, 0.15) is 6.42 Å². The molecule has 1 amide bonds. The maximum atomic E-state index is 10.7. The summed E-state index contributed by atoms with van der Waals surface area (Å²) < 4.78 is 0. The molecule has 1 aliphatic heterocycles. The molecule has 1 rings (SSSR count). The van der Waals surface area contributed by atoms with Crippen molar-refractivity contribution in [1.29, 1.82) is 0 Å². The Morgan fingerprint density at radius 1 is 1.62 bits per heavy atom. The number of carbonyl (C=O) groups is 1. The molecule has 0 aromatic carbocycles. The monoisotopic (exact) mass is 187 g/mol. The molecule has 0 aliphatic carbocycles. The quantitative estimate of drug-likeness (QED) is 0.587. The van der Waals surface area contributed by atoms with Gasteiger partial charge < -0.3 is 20.6 Å². The van der Waals surface area contributed by atoms with E-state index >= 15 is 0 Å². The topological polar surface area (TPSA) is 69.8 Å². The molecule has 0 bridgehead atoms. The number of likely N-dealkylation sites (tertiary alicyclic amines) is 1. The van der Waals surface area contributed by atoms with Gasteiger partial charge in [0.25, 0.3) is 0 Å². The fourth-order valence-corrected chi connectivity index (χ4v) is 1.67. The summed E-state index contributed by atoms with van der Waals surface area (Å²) in [7, 11) is 3.85. The normalized spacial score (nSPS) is 29.4. The van der Waals surface area contributed by atoms with Gasteiger partial charge in [0, 0.05) is 25.2 Å². The van der Waals surface area contributed by atoms with Crippen molar-refractivity contribution in [2.24, 2.45) is 5.73 Å². The van der Waals surface area contributed by atoms with Crippen LogP contribution in [0.4, 0.5) is 4.79 Å². The summed E-state index contributed by atoms with van der Waals surface area (Å²) in [5, 5.41) is 8.79. The highest BCUT2D eigenvalue weighted by Gasteiger charge is 2.30. The molecular formula is C8H17N3O2. The van der Waals surface area contributed by atoms with E-state index in [-0.39, 0.29) is 12.1 Å². The molecule has 3 N–H and O–H groups in total. The Kier molecular flexibility index (Phi) is 3.11. The molecule has 2 atom stereocenters. The number of amides is 1. The smallest absolute Gasteiger partial charge is 0.407 e. The van der Waals surface area contributed by atoms with Crippen LogP contribution in [0.2, 0.25) is 0 Å². The number of nitrogens with zero attached hydrogens (tertiary/aromatic N) is 2. The highest BCUT2D eigenvalue weighted by molar-refractivity contribution is 5.65. The van der Waals surface area contributed by atoms with Crippen LogP contribution in [0.3, 0.4) is 0 Å².